The summed E-state index contributed by atoms with van der Waals surface area (Å²) < 4.78 is 0. The molecule has 0 saturated heterocycles. The second-order valence-electron chi connectivity index (χ2n) is 4.24. The lowest BCUT2D eigenvalue weighted by atomic mass is 10.1. The smallest absolute Gasteiger partial charge is 0.0992 e. The molecule has 2 aromatic carbocycles. The molecule has 0 heterocycles. The summed E-state index contributed by atoms with van der Waals surface area (Å²) in [4.78, 5) is 0. The van der Waals surface area contributed by atoms with Crippen molar-refractivity contribution in [3.8, 4) is 6.07 Å². The number of nitrogen functional groups attached to an aromatic ring is 1. The van der Waals surface area contributed by atoms with E-state index in [1.165, 1.54) is 0 Å². The zero-order valence-corrected chi connectivity index (χ0v) is 10.4. The van der Waals surface area contributed by atoms with Crippen molar-refractivity contribution in [1.29, 1.82) is 5.26 Å². The maximum Gasteiger partial charge on any atom is 0.0992 e. The molecular formula is C15H15N3O. The van der Waals surface area contributed by atoms with Gasteiger partial charge in [0.15, 0.2) is 0 Å². The predicted octanol–water partition coefficient (Wildman–Crippen LogP) is 2.24. The van der Waals surface area contributed by atoms with Gasteiger partial charge in [-0.05, 0) is 29.3 Å². The van der Waals surface area contributed by atoms with Gasteiger partial charge in [-0.25, -0.2) is 0 Å². The van der Waals surface area contributed by atoms with Crippen LogP contribution in [-0.2, 0) is 13.2 Å². The van der Waals surface area contributed by atoms with E-state index in [0.29, 0.717) is 17.8 Å². The van der Waals surface area contributed by atoms with Gasteiger partial charge in [0.25, 0.3) is 0 Å². The van der Waals surface area contributed by atoms with Gasteiger partial charge in [0.1, 0.15) is 0 Å². The van der Waals surface area contributed by atoms with E-state index < -0.39 is 0 Å². The summed E-state index contributed by atoms with van der Waals surface area (Å²) in [6.07, 6.45) is 0. The highest BCUT2D eigenvalue weighted by atomic mass is 16.3. The Hall–Kier alpha value is -2.51. The monoisotopic (exact) mass is 253 g/mol. The first-order chi connectivity index (χ1) is 9.22. The molecule has 0 aliphatic rings. The topological polar surface area (TPSA) is 82.1 Å². The van der Waals surface area contributed by atoms with E-state index in [9.17, 15) is 0 Å². The highest BCUT2D eigenvalue weighted by molar-refractivity contribution is 5.68. The van der Waals surface area contributed by atoms with Gasteiger partial charge in [-0.3, -0.25) is 0 Å². The molecule has 0 atom stereocenters. The Morgan fingerprint density at radius 2 is 1.79 bits per heavy atom. The van der Waals surface area contributed by atoms with Crippen LogP contribution in [-0.4, -0.2) is 5.11 Å². The molecule has 19 heavy (non-hydrogen) atoms. The second kappa shape index (κ2) is 5.89. The Balaban J connectivity index is 2.04. The van der Waals surface area contributed by atoms with Gasteiger partial charge < -0.3 is 16.2 Å². The lowest BCUT2D eigenvalue weighted by Gasteiger charge is -2.10. The van der Waals surface area contributed by atoms with Crippen molar-refractivity contribution < 1.29 is 5.11 Å². The van der Waals surface area contributed by atoms with Gasteiger partial charge in [0.05, 0.1) is 29.6 Å². The first-order valence-electron chi connectivity index (χ1n) is 5.95. The minimum atomic E-state index is 0.0519. The molecule has 0 fully saturated rings. The zero-order chi connectivity index (χ0) is 13.7. The van der Waals surface area contributed by atoms with Crippen LogP contribution in [0.5, 0.6) is 0 Å². The average Bonchev–Trinajstić information content (AvgIpc) is 2.46. The average molecular weight is 253 g/mol. The van der Waals surface area contributed by atoms with E-state index in [2.05, 4.69) is 11.4 Å². The molecule has 0 aromatic heterocycles. The summed E-state index contributed by atoms with van der Waals surface area (Å²) in [5.41, 5.74) is 9.77. The van der Waals surface area contributed by atoms with Gasteiger partial charge in [-0.2, -0.15) is 5.26 Å². The maximum atomic E-state index is 8.96. The molecule has 0 aliphatic heterocycles. The van der Waals surface area contributed by atoms with Crippen molar-refractivity contribution >= 4 is 11.4 Å². The summed E-state index contributed by atoms with van der Waals surface area (Å²) >= 11 is 0. The molecular weight excluding hydrogens is 238 g/mol. The van der Waals surface area contributed by atoms with Crippen LogP contribution in [0.25, 0.3) is 0 Å². The van der Waals surface area contributed by atoms with E-state index in [1.807, 2.05) is 24.3 Å². The first kappa shape index (κ1) is 12.9. The van der Waals surface area contributed by atoms with Crippen LogP contribution in [0.15, 0.2) is 42.5 Å². The van der Waals surface area contributed by atoms with Crippen LogP contribution in [0, 0.1) is 11.3 Å². The zero-order valence-electron chi connectivity index (χ0n) is 10.4. The SMILES string of the molecule is N#Cc1ccc(NCc2ccc(CO)cc2)c(N)c1. The van der Waals surface area contributed by atoms with Crippen LogP contribution in [0.1, 0.15) is 16.7 Å². The number of nitrogens with two attached hydrogens (primary N) is 1. The fourth-order valence-corrected chi connectivity index (χ4v) is 1.75. The van der Waals surface area contributed by atoms with Crippen LogP contribution in [0.2, 0.25) is 0 Å². The Morgan fingerprint density at radius 3 is 2.37 bits per heavy atom. The van der Waals surface area contributed by atoms with Crippen molar-refractivity contribution in [2.75, 3.05) is 11.1 Å². The normalized spacial score (nSPS) is 9.89. The number of anilines is 2. The largest absolute Gasteiger partial charge is 0.397 e. The van der Waals surface area contributed by atoms with Gasteiger partial charge in [0.2, 0.25) is 0 Å². The van der Waals surface area contributed by atoms with E-state index in [0.717, 1.165) is 16.8 Å². The lowest BCUT2D eigenvalue weighted by Crippen LogP contribution is -2.02. The number of nitrogens with one attached hydrogen (secondary N) is 1. The van der Waals surface area contributed by atoms with Gasteiger partial charge in [-0.15, -0.1) is 0 Å². The van der Waals surface area contributed by atoms with Gasteiger partial charge in [0, 0.05) is 6.54 Å². The Bertz CT molecular complexity index is 600. The molecule has 0 unspecified atom stereocenters. The standard InChI is InChI=1S/C15H15N3O/c16-8-13-5-6-15(14(17)7-13)18-9-11-1-3-12(10-19)4-2-11/h1-7,18-19H,9-10,17H2. The molecule has 2 aromatic rings. The van der Waals surface area contributed by atoms with Crippen molar-refractivity contribution in [3.63, 3.8) is 0 Å². The predicted molar refractivity (Wildman–Crippen MR) is 75.3 cm³/mol. The quantitative estimate of drug-likeness (QED) is 0.730. The number of nitrogens with zero attached hydrogens (tertiary/aromatic N) is 1. The number of rotatable bonds is 4. The molecule has 96 valence electrons. The minimum Gasteiger partial charge on any atom is -0.397 e. The Morgan fingerprint density at radius 1 is 1.11 bits per heavy atom. The molecule has 4 nitrogen and oxygen atoms in total. The van der Waals surface area contributed by atoms with E-state index in [1.54, 1.807) is 18.2 Å². The van der Waals surface area contributed by atoms with Crippen LogP contribution < -0.4 is 11.1 Å². The molecule has 0 saturated carbocycles. The lowest BCUT2D eigenvalue weighted by molar-refractivity contribution is 0.282. The molecule has 0 bridgehead atoms. The fourth-order valence-electron chi connectivity index (χ4n) is 1.75. The summed E-state index contributed by atoms with van der Waals surface area (Å²) in [5.74, 6) is 0. The Labute approximate surface area is 112 Å². The molecule has 0 amide bonds. The van der Waals surface area contributed by atoms with E-state index >= 15 is 0 Å². The molecule has 4 N–H and O–H groups in total. The van der Waals surface area contributed by atoms with E-state index in [-0.39, 0.29) is 6.61 Å². The number of benzene rings is 2. The summed E-state index contributed by atoms with van der Waals surface area (Å²) in [5, 5.41) is 20.9. The molecule has 0 radical (unpaired) electrons. The van der Waals surface area contributed by atoms with Crippen molar-refractivity contribution in [2.24, 2.45) is 0 Å². The number of hydrogen-bond acceptors (Lipinski definition) is 4. The Kier molecular flexibility index (Phi) is 4.01. The van der Waals surface area contributed by atoms with Gasteiger partial charge >= 0.3 is 0 Å². The maximum absolute atomic E-state index is 8.96. The molecule has 4 heteroatoms. The summed E-state index contributed by atoms with van der Waals surface area (Å²) in [7, 11) is 0. The van der Waals surface area contributed by atoms with Gasteiger partial charge in [-0.1, -0.05) is 24.3 Å². The third-order valence-electron chi connectivity index (χ3n) is 2.87. The third kappa shape index (κ3) is 3.24. The number of aliphatic hydroxyl groups excluding tert-OH is 1. The second-order valence-corrected chi connectivity index (χ2v) is 4.24. The van der Waals surface area contributed by atoms with Crippen LogP contribution in [0.3, 0.4) is 0 Å². The van der Waals surface area contributed by atoms with Crippen LogP contribution >= 0.6 is 0 Å². The fraction of sp³-hybridized carbons (Fsp3) is 0.133. The molecule has 2 rings (SSSR count). The van der Waals surface area contributed by atoms with Crippen molar-refractivity contribution in [1.82, 2.24) is 0 Å². The highest BCUT2D eigenvalue weighted by Gasteiger charge is 2.01. The summed E-state index contributed by atoms with van der Waals surface area (Å²) in [6.45, 7) is 0.693. The van der Waals surface area contributed by atoms with Crippen molar-refractivity contribution in [3.05, 3.63) is 59.2 Å². The third-order valence-corrected chi connectivity index (χ3v) is 2.87. The molecule has 0 spiro atoms. The highest BCUT2D eigenvalue weighted by Crippen LogP contribution is 2.20. The van der Waals surface area contributed by atoms with Crippen LogP contribution in [0.4, 0.5) is 11.4 Å². The van der Waals surface area contributed by atoms with Crippen molar-refractivity contribution in [2.45, 2.75) is 13.2 Å². The molecule has 0 aliphatic carbocycles. The number of aliphatic hydroxyl groups is 1. The minimum absolute atomic E-state index is 0.0519. The summed E-state index contributed by atoms with van der Waals surface area (Å²) in [6, 6.07) is 14.9. The number of hydrogen-bond donors (Lipinski definition) is 3. The number of nitriles is 1. The van der Waals surface area contributed by atoms with E-state index in [4.69, 9.17) is 16.1 Å². The first-order valence-corrected chi connectivity index (χ1v) is 5.95.